The van der Waals surface area contributed by atoms with Gasteiger partial charge in [0.25, 0.3) is 0 Å². The normalized spacial score (nSPS) is 18.7. The van der Waals surface area contributed by atoms with Gasteiger partial charge in [-0.2, -0.15) is 4.31 Å². The molecule has 27 heavy (non-hydrogen) atoms. The number of ether oxygens (including phenoxy) is 2. The van der Waals surface area contributed by atoms with Crippen LogP contribution in [0.2, 0.25) is 0 Å². The fraction of sp³-hybridized carbons (Fsp3) is 0.429. The van der Waals surface area contributed by atoms with E-state index in [9.17, 15) is 8.42 Å². The average Bonchev–Trinajstić information content (AvgIpc) is 2.94. The zero-order valence-corrected chi connectivity index (χ0v) is 17.0. The minimum Gasteiger partial charge on any atom is -0.493 e. The van der Waals surface area contributed by atoms with Gasteiger partial charge in [-0.05, 0) is 37.5 Å². The van der Waals surface area contributed by atoms with E-state index in [1.54, 1.807) is 22.5 Å². The molecule has 0 aliphatic carbocycles. The Morgan fingerprint density at radius 1 is 0.926 bits per heavy atom. The highest BCUT2D eigenvalue weighted by molar-refractivity contribution is 7.89. The number of hydrogen-bond acceptors (Lipinski definition) is 4. The maximum atomic E-state index is 13.5. The Morgan fingerprint density at radius 2 is 1.63 bits per heavy atom. The highest BCUT2D eigenvalue weighted by atomic mass is 32.2. The molecular formula is C21H27NO4S. The van der Waals surface area contributed by atoms with Crippen molar-refractivity contribution in [3.8, 4) is 11.5 Å². The number of methoxy groups -OCH3 is 2. The number of nitrogens with zero attached hydrogens (tertiary/aromatic N) is 1. The number of hydrogen-bond donors (Lipinski definition) is 0. The van der Waals surface area contributed by atoms with E-state index >= 15 is 0 Å². The zero-order chi connectivity index (χ0) is 19.4. The third-order valence-corrected chi connectivity index (χ3v) is 7.03. The van der Waals surface area contributed by atoms with Crippen molar-refractivity contribution in [1.82, 2.24) is 4.31 Å². The summed E-state index contributed by atoms with van der Waals surface area (Å²) < 4.78 is 39.2. The Morgan fingerprint density at radius 3 is 2.30 bits per heavy atom. The van der Waals surface area contributed by atoms with Crippen LogP contribution in [0.3, 0.4) is 0 Å². The smallest absolute Gasteiger partial charge is 0.243 e. The summed E-state index contributed by atoms with van der Waals surface area (Å²) in [4.78, 5) is 0.235. The van der Waals surface area contributed by atoms with E-state index in [4.69, 9.17) is 9.47 Å². The summed E-state index contributed by atoms with van der Waals surface area (Å²) >= 11 is 0. The van der Waals surface area contributed by atoms with Gasteiger partial charge in [-0.1, -0.05) is 42.7 Å². The monoisotopic (exact) mass is 389 g/mol. The predicted molar refractivity (Wildman–Crippen MR) is 106 cm³/mol. The summed E-state index contributed by atoms with van der Waals surface area (Å²) in [5, 5.41) is 0. The Kier molecular flexibility index (Phi) is 6.07. The van der Waals surface area contributed by atoms with Crippen molar-refractivity contribution < 1.29 is 17.9 Å². The molecule has 5 nitrogen and oxygen atoms in total. The number of sulfonamides is 1. The van der Waals surface area contributed by atoms with Crippen LogP contribution in [0.25, 0.3) is 0 Å². The second-order valence-electron chi connectivity index (χ2n) is 6.91. The van der Waals surface area contributed by atoms with E-state index in [0.29, 0.717) is 18.0 Å². The maximum absolute atomic E-state index is 13.5. The van der Waals surface area contributed by atoms with Crippen molar-refractivity contribution in [2.45, 2.75) is 43.5 Å². The molecule has 1 saturated heterocycles. The first kappa shape index (κ1) is 19.7. The van der Waals surface area contributed by atoms with Gasteiger partial charge >= 0.3 is 0 Å². The Labute approximate surface area is 162 Å². The number of benzene rings is 2. The highest BCUT2D eigenvalue weighted by Gasteiger charge is 2.33. The van der Waals surface area contributed by atoms with Crippen LogP contribution in [0.15, 0.2) is 47.4 Å². The second-order valence-corrected chi connectivity index (χ2v) is 8.80. The lowest BCUT2D eigenvalue weighted by molar-refractivity contribution is 0.328. The van der Waals surface area contributed by atoms with Crippen molar-refractivity contribution in [3.05, 3.63) is 53.6 Å². The Balaban J connectivity index is 2.02. The molecule has 0 amide bonds. The lowest BCUT2D eigenvalue weighted by Crippen LogP contribution is -2.34. The molecule has 6 heteroatoms. The molecule has 1 atom stereocenters. The lowest BCUT2D eigenvalue weighted by Gasteiger charge is -2.30. The molecule has 0 saturated carbocycles. The molecule has 0 N–H and O–H groups in total. The second kappa shape index (κ2) is 8.31. The molecule has 0 radical (unpaired) electrons. The SMILES string of the molecule is COc1ccc(S(=O)(=O)N2CCCCC[C@@H]2c2ccc(C)cc2)cc1OC. The van der Waals surface area contributed by atoms with Gasteiger partial charge in [0.15, 0.2) is 11.5 Å². The van der Waals surface area contributed by atoms with E-state index < -0.39 is 10.0 Å². The van der Waals surface area contributed by atoms with Crippen molar-refractivity contribution in [3.63, 3.8) is 0 Å². The topological polar surface area (TPSA) is 55.8 Å². The first-order valence-electron chi connectivity index (χ1n) is 9.28. The number of aryl methyl sites for hydroxylation is 1. The molecule has 1 fully saturated rings. The van der Waals surface area contributed by atoms with Gasteiger partial charge in [0.05, 0.1) is 25.2 Å². The van der Waals surface area contributed by atoms with Crippen LogP contribution in [0.4, 0.5) is 0 Å². The minimum atomic E-state index is -3.65. The van der Waals surface area contributed by atoms with E-state index in [1.807, 2.05) is 31.2 Å². The fourth-order valence-corrected chi connectivity index (χ4v) is 5.30. The van der Waals surface area contributed by atoms with Gasteiger partial charge < -0.3 is 9.47 Å². The summed E-state index contributed by atoms with van der Waals surface area (Å²) in [6, 6.07) is 12.8. The van der Waals surface area contributed by atoms with Crippen LogP contribution >= 0.6 is 0 Å². The molecule has 0 aromatic heterocycles. The van der Waals surface area contributed by atoms with Crippen molar-refractivity contribution in [1.29, 1.82) is 0 Å². The quantitative estimate of drug-likeness (QED) is 0.764. The van der Waals surface area contributed by atoms with Crippen LogP contribution in [0.5, 0.6) is 11.5 Å². The predicted octanol–water partition coefficient (Wildman–Crippen LogP) is 4.32. The first-order valence-corrected chi connectivity index (χ1v) is 10.7. The molecule has 3 rings (SSSR count). The lowest BCUT2D eigenvalue weighted by atomic mass is 10.0. The van der Waals surface area contributed by atoms with Gasteiger partial charge in [-0.15, -0.1) is 0 Å². The third kappa shape index (κ3) is 4.12. The highest BCUT2D eigenvalue weighted by Crippen LogP contribution is 2.37. The Bertz CT molecular complexity index is 878. The van der Waals surface area contributed by atoms with Crippen LogP contribution in [0.1, 0.15) is 42.9 Å². The molecule has 2 aromatic carbocycles. The van der Waals surface area contributed by atoms with Gasteiger partial charge in [0, 0.05) is 12.6 Å². The van der Waals surface area contributed by atoms with Crippen LogP contribution in [0, 0.1) is 6.92 Å². The number of rotatable bonds is 5. The zero-order valence-electron chi connectivity index (χ0n) is 16.1. The van der Waals surface area contributed by atoms with Crippen molar-refractivity contribution in [2.75, 3.05) is 20.8 Å². The van der Waals surface area contributed by atoms with Gasteiger partial charge in [-0.3, -0.25) is 0 Å². The molecule has 1 heterocycles. The molecule has 146 valence electrons. The molecule has 0 bridgehead atoms. The summed E-state index contributed by atoms with van der Waals surface area (Å²) in [6.07, 6.45) is 3.77. The fourth-order valence-electron chi connectivity index (χ4n) is 3.60. The Hall–Kier alpha value is -2.05. The van der Waals surface area contributed by atoms with Crippen LogP contribution < -0.4 is 9.47 Å². The summed E-state index contributed by atoms with van der Waals surface area (Å²) in [7, 11) is -0.607. The van der Waals surface area contributed by atoms with Crippen molar-refractivity contribution >= 4 is 10.0 Å². The maximum Gasteiger partial charge on any atom is 0.243 e. The van der Waals surface area contributed by atoms with E-state index in [0.717, 1.165) is 31.2 Å². The standard InChI is InChI=1S/C21H27NO4S/c1-16-8-10-17(11-9-16)19-7-5-4-6-14-22(19)27(23,24)18-12-13-20(25-2)21(15-18)26-3/h8-13,15,19H,4-7,14H2,1-3H3/t19-/m1/s1. The molecule has 0 unspecified atom stereocenters. The van der Waals surface area contributed by atoms with Gasteiger partial charge in [0.2, 0.25) is 10.0 Å². The van der Waals surface area contributed by atoms with Crippen LogP contribution in [-0.2, 0) is 10.0 Å². The minimum absolute atomic E-state index is 0.147. The van der Waals surface area contributed by atoms with E-state index in [1.165, 1.54) is 19.8 Å². The van der Waals surface area contributed by atoms with Gasteiger partial charge in [0.1, 0.15) is 0 Å². The van der Waals surface area contributed by atoms with Crippen LogP contribution in [-0.4, -0.2) is 33.5 Å². The first-order chi connectivity index (χ1) is 13.0. The van der Waals surface area contributed by atoms with Crippen molar-refractivity contribution in [2.24, 2.45) is 0 Å². The molecule has 1 aliphatic heterocycles. The van der Waals surface area contributed by atoms with Gasteiger partial charge in [-0.25, -0.2) is 8.42 Å². The molecular weight excluding hydrogens is 362 g/mol. The molecule has 2 aromatic rings. The van der Waals surface area contributed by atoms with E-state index in [-0.39, 0.29) is 10.9 Å². The third-order valence-electron chi connectivity index (χ3n) is 5.13. The largest absolute Gasteiger partial charge is 0.493 e. The molecule has 0 spiro atoms. The summed E-state index contributed by atoms with van der Waals surface area (Å²) in [5.74, 6) is 0.933. The molecule has 1 aliphatic rings. The van der Waals surface area contributed by atoms with E-state index in [2.05, 4.69) is 0 Å². The summed E-state index contributed by atoms with van der Waals surface area (Å²) in [5.41, 5.74) is 2.22. The average molecular weight is 390 g/mol. The summed E-state index contributed by atoms with van der Waals surface area (Å²) in [6.45, 7) is 2.56.